The molecular formula is C24H31N3O4S. The molecule has 1 aromatic carbocycles. The van der Waals surface area contributed by atoms with Crippen molar-refractivity contribution in [3.05, 3.63) is 52.2 Å². The predicted molar refractivity (Wildman–Crippen MR) is 125 cm³/mol. The summed E-state index contributed by atoms with van der Waals surface area (Å²) in [5, 5.41) is 7.74. The molecule has 1 aliphatic heterocycles. The van der Waals surface area contributed by atoms with Crippen LogP contribution < -0.4 is 15.4 Å². The van der Waals surface area contributed by atoms with Crippen molar-refractivity contribution in [1.29, 1.82) is 0 Å². The summed E-state index contributed by atoms with van der Waals surface area (Å²) in [6.07, 6.45) is 1.29. The number of thiophene rings is 1. The molecule has 32 heavy (non-hydrogen) atoms. The van der Waals surface area contributed by atoms with E-state index in [4.69, 9.17) is 4.74 Å². The first kappa shape index (κ1) is 23.8. The average molecular weight is 458 g/mol. The molecule has 1 aromatic heterocycles. The van der Waals surface area contributed by atoms with Crippen molar-refractivity contribution in [2.45, 2.75) is 32.7 Å². The average Bonchev–Trinajstić information content (AvgIpc) is 3.36. The number of hydrogen-bond acceptors (Lipinski definition) is 5. The van der Waals surface area contributed by atoms with Gasteiger partial charge in [0.25, 0.3) is 11.8 Å². The summed E-state index contributed by atoms with van der Waals surface area (Å²) in [6, 6.07) is 10.0. The Hall–Kier alpha value is -2.87. The number of benzene rings is 1. The highest BCUT2D eigenvalue weighted by molar-refractivity contribution is 7.12. The topological polar surface area (TPSA) is 87.7 Å². The number of nitrogens with zero attached hydrogens (tertiary/aromatic N) is 1. The largest absolute Gasteiger partial charge is 0.497 e. The summed E-state index contributed by atoms with van der Waals surface area (Å²) < 4.78 is 5.15. The van der Waals surface area contributed by atoms with Crippen molar-refractivity contribution >= 4 is 29.1 Å². The minimum atomic E-state index is -0.624. The van der Waals surface area contributed by atoms with E-state index >= 15 is 0 Å². The predicted octanol–water partition coefficient (Wildman–Crippen LogP) is 3.18. The summed E-state index contributed by atoms with van der Waals surface area (Å²) in [4.78, 5) is 40.8. The molecule has 2 aromatic rings. The Labute approximate surface area is 193 Å². The van der Waals surface area contributed by atoms with Gasteiger partial charge in [0, 0.05) is 25.2 Å². The molecule has 7 nitrogen and oxygen atoms in total. The zero-order valence-corrected chi connectivity index (χ0v) is 19.6. The number of nitrogens with one attached hydrogen (secondary N) is 2. The number of piperidine rings is 1. The van der Waals surface area contributed by atoms with Crippen molar-refractivity contribution < 1.29 is 19.1 Å². The summed E-state index contributed by atoms with van der Waals surface area (Å²) >= 11 is 1.35. The van der Waals surface area contributed by atoms with Gasteiger partial charge in [-0.1, -0.05) is 19.9 Å². The molecule has 3 amide bonds. The highest BCUT2D eigenvalue weighted by Crippen LogP contribution is 2.24. The van der Waals surface area contributed by atoms with Crippen LogP contribution in [0, 0.1) is 11.8 Å². The molecule has 1 saturated heterocycles. The number of methoxy groups -OCH3 is 1. The zero-order chi connectivity index (χ0) is 23.1. The van der Waals surface area contributed by atoms with Crippen molar-refractivity contribution in [2.24, 2.45) is 11.8 Å². The van der Waals surface area contributed by atoms with Gasteiger partial charge in [-0.05, 0) is 60.4 Å². The molecule has 2 N–H and O–H groups in total. The molecule has 8 heteroatoms. The van der Waals surface area contributed by atoms with E-state index in [-0.39, 0.29) is 23.6 Å². The second-order valence-corrected chi connectivity index (χ2v) is 9.37. The van der Waals surface area contributed by atoms with Gasteiger partial charge in [0.15, 0.2) is 0 Å². The maximum Gasteiger partial charge on any atom is 0.262 e. The molecule has 1 atom stereocenters. The number of hydrogen-bond donors (Lipinski definition) is 2. The summed E-state index contributed by atoms with van der Waals surface area (Å²) in [5.41, 5.74) is 0.612. The minimum absolute atomic E-state index is 0.0328. The molecule has 1 aliphatic rings. The summed E-state index contributed by atoms with van der Waals surface area (Å²) in [5.74, 6) is 0.555. The maximum absolute atomic E-state index is 12.9. The van der Waals surface area contributed by atoms with Crippen molar-refractivity contribution in [3.8, 4) is 5.75 Å². The molecule has 0 radical (unpaired) electrons. The van der Waals surface area contributed by atoms with Crippen molar-refractivity contribution in [3.63, 3.8) is 0 Å². The number of amides is 3. The molecule has 0 spiro atoms. The molecule has 1 unspecified atom stereocenters. The van der Waals surface area contributed by atoms with Gasteiger partial charge in [-0.3, -0.25) is 14.4 Å². The second kappa shape index (κ2) is 11.1. The Kier molecular flexibility index (Phi) is 8.27. The smallest absolute Gasteiger partial charge is 0.262 e. The van der Waals surface area contributed by atoms with E-state index in [9.17, 15) is 14.4 Å². The van der Waals surface area contributed by atoms with Crippen molar-refractivity contribution in [2.75, 3.05) is 26.7 Å². The Morgan fingerprint density at radius 2 is 1.81 bits per heavy atom. The molecule has 2 heterocycles. The first-order valence-corrected chi connectivity index (χ1v) is 11.8. The normalized spacial score (nSPS) is 15.3. The van der Waals surface area contributed by atoms with Crippen LogP contribution in [0.5, 0.6) is 5.75 Å². The SMILES string of the molecule is COc1ccc(C(=O)N2CCC(C(NC(=O)c3cccs3)C(=O)NCC(C)C)CC2)cc1. The third kappa shape index (κ3) is 6.09. The number of carbonyl (C=O) groups excluding carboxylic acids is 3. The van der Waals surface area contributed by atoms with E-state index in [1.165, 1.54) is 11.3 Å². The fraction of sp³-hybridized carbons (Fsp3) is 0.458. The Morgan fingerprint density at radius 1 is 1.12 bits per heavy atom. The van der Waals surface area contributed by atoms with Crippen LogP contribution in [0.25, 0.3) is 0 Å². The fourth-order valence-corrected chi connectivity index (χ4v) is 4.41. The lowest BCUT2D eigenvalue weighted by Gasteiger charge is -2.36. The van der Waals surface area contributed by atoms with E-state index in [1.54, 1.807) is 37.4 Å². The van der Waals surface area contributed by atoms with Gasteiger partial charge in [-0.15, -0.1) is 11.3 Å². The molecular weight excluding hydrogens is 426 g/mol. The Bertz CT molecular complexity index is 904. The van der Waals surface area contributed by atoms with Gasteiger partial charge in [0.2, 0.25) is 5.91 Å². The zero-order valence-electron chi connectivity index (χ0n) is 18.8. The molecule has 172 valence electrons. The second-order valence-electron chi connectivity index (χ2n) is 8.43. The Balaban J connectivity index is 1.64. The fourth-order valence-electron chi connectivity index (χ4n) is 3.78. The van der Waals surface area contributed by atoms with Gasteiger partial charge >= 0.3 is 0 Å². The minimum Gasteiger partial charge on any atom is -0.497 e. The summed E-state index contributed by atoms with van der Waals surface area (Å²) in [7, 11) is 1.59. The lowest BCUT2D eigenvalue weighted by molar-refractivity contribution is -0.124. The van der Waals surface area contributed by atoms with Crippen LogP contribution in [-0.2, 0) is 4.79 Å². The third-order valence-electron chi connectivity index (χ3n) is 5.63. The quantitative estimate of drug-likeness (QED) is 0.637. The molecule has 0 bridgehead atoms. The van der Waals surface area contributed by atoms with Gasteiger partial charge in [0.1, 0.15) is 11.8 Å². The molecule has 3 rings (SSSR count). The van der Waals surface area contributed by atoms with Gasteiger partial charge in [-0.2, -0.15) is 0 Å². The lowest BCUT2D eigenvalue weighted by atomic mass is 9.88. The maximum atomic E-state index is 12.9. The van der Waals surface area contributed by atoms with Crippen LogP contribution in [0.3, 0.4) is 0 Å². The number of rotatable bonds is 8. The van der Waals surface area contributed by atoms with E-state index in [0.29, 0.717) is 54.6 Å². The van der Waals surface area contributed by atoms with Crippen LogP contribution in [0.1, 0.15) is 46.7 Å². The highest BCUT2D eigenvalue weighted by Gasteiger charge is 2.34. The van der Waals surface area contributed by atoms with Crippen LogP contribution in [0.4, 0.5) is 0 Å². The van der Waals surface area contributed by atoms with Crippen molar-refractivity contribution in [1.82, 2.24) is 15.5 Å². The molecule has 1 fully saturated rings. The summed E-state index contributed by atoms with van der Waals surface area (Å²) in [6.45, 7) is 5.70. The van der Waals surface area contributed by atoms with E-state index in [1.807, 2.05) is 30.2 Å². The first-order valence-electron chi connectivity index (χ1n) is 10.9. The number of likely N-dealkylation sites (tertiary alicyclic amines) is 1. The number of carbonyl (C=O) groups is 3. The monoisotopic (exact) mass is 457 g/mol. The number of ether oxygens (including phenoxy) is 1. The molecule has 0 aliphatic carbocycles. The van der Waals surface area contributed by atoms with E-state index in [0.717, 1.165) is 0 Å². The first-order chi connectivity index (χ1) is 15.4. The van der Waals surface area contributed by atoms with E-state index in [2.05, 4.69) is 10.6 Å². The van der Waals surface area contributed by atoms with Gasteiger partial charge in [0.05, 0.1) is 12.0 Å². The van der Waals surface area contributed by atoms with Crippen LogP contribution in [0.2, 0.25) is 0 Å². The lowest BCUT2D eigenvalue weighted by Crippen LogP contribution is -2.54. The van der Waals surface area contributed by atoms with E-state index < -0.39 is 6.04 Å². The van der Waals surface area contributed by atoms with Crippen LogP contribution in [0.15, 0.2) is 41.8 Å². The Morgan fingerprint density at radius 3 is 2.38 bits per heavy atom. The van der Waals surface area contributed by atoms with Gasteiger partial charge < -0.3 is 20.3 Å². The highest BCUT2D eigenvalue weighted by atomic mass is 32.1. The third-order valence-corrected chi connectivity index (χ3v) is 6.50. The van der Waals surface area contributed by atoms with Crippen LogP contribution in [-0.4, -0.2) is 55.4 Å². The van der Waals surface area contributed by atoms with Gasteiger partial charge in [-0.25, -0.2) is 0 Å². The molecule has 0 saturated carbocycles. The standard InChI is InChI=1S/C24H31N3O4S/c1-16(2)15-25-23(29)21(26-22(28)20-5-4-14-32-20)17-10-12-27(13-11-17)24(30)18-6-8-19(31-3)9-7-18/h4-9,14,16-17,21H,10-13,15H2,1-3H3,(H,25,29)(H,26,28). The van der Waals surface area contributed by atoms with Crippen LogP contribution >= 0.6 is 11.3 Å².